The minimum Gasteiger partial charge on any atom is -0.364 e. The number of aromatic nitrogens is 3. The molecule has 0 unspecified atom stereocenters. The van der Waals surface area contributed by atoms with Gasteiger partial charge in [-0.25, -0.2) is 4.98 Å². The molecular formula is C10H13N5O. The van der Waals surface area contributed by atoms with Crippen molar-refractivity contribution in [3.05, 3.63) is 30.3 Å². The largest absolute Gasteiger partial charge is 0.364 e. The van der Waals surface area contributed by atoms with Crippen LogP contribution in [0.4, 0.5) is 11.8 Å². The van der Waals surface area contributed by atoms with E-state index < -0.39 is 0 Å². The van der Waals surface area contributed by atoms with Gasteiger partial charge in [-0.05, 0) is 6.07 Å². The molecule has 0 atom stereocenters. The van der Waals surface area contributed by atoms with E-state index in [0.29, 0.717) is 12.5 Å². The van der Waals surface area contributed by atoms with Gasteiger partial charge in [-0.1, -0.05) is 5.16 Å². The van der Waals surface area contributed by atoms with Crippen molar-refractivity contribution in [1.82, 2.24) is 15.1 Å². The highest BCUT2D eigenvalue weighted by molar-refractivity contribution is 5.40. The van der Waals surface area contributed by atoms with E-state index in [4.69, 9.17) is 4.52 Å². The predicted molar refractivity (Wildman–Crippen MR) is 60.2 cm³/mol. The van der Waals surface area contributed by atoms with Gasteiger partial charge in [-0.15, -0.1) is 0 Å². The van der Waals surface area contributed by atoms with Crippen LogP contribution < -0.4 is 10.2 Å². The highest BCUT2D eigenvalue weighted by Crippen LogP contribution is 2.08. The van der Waals surface area contributed by atoms with Gasteiger partial charge in [0, 0.05) is 26.4 Å². The molecule has 6 nitrogen and oxygen atoms in total. The highest BCUT2D eigenvalue weighted by Gasteiger charge is 2.01. The van der Waals surface area contributed by atoms with Crippen molar-refractivity contribution < 1.29 is 4.52 Å². The predicted octanol–water partition coefficient (Wildman–Crippen LogP) is 1.14. The zero-order chi connectivity index (χ0) is 11.4. The van der Waals surface area contributed by atoms with Crippen LogP contribution in [0.15, 0.2) is 29.1 Å². The Morgan fingerprint density at radius 3 is 2.94 bits per heavy atom. The van der Waals surface area contributed by atoms with Crippen LogP contribution >= 0.6 is 0 Å². The number of anilines is 2. The summed E-state index contributed by atoms with van der Waals surface area (Å²) in [6.07, 6.45) is 3.26. The lowest BCUT2D eigenvalue weighted by Crippen LogP contribution is -2.13. The maximum absolute atomic E-state index is 4.73. The average molecular weight is 219 g/mol. The molecule has 0 aromatic carbocycles. The molecule has 1 N–H and O–H groups in total. The van der Waals surface area contributed by atoms with E-state index in [2.05, 4.69) is 20.4 Å². The van der Waals surface area contributed by atoms with Crippen molar-refractivity contribution >= 4 is 11.8 Å². The van der Waals surface area contributed by atoms with E-state index in [1.165, 1.54) is 0 Å². The maximum Gasteiger partial charge on any atom is 0.226 e. The molecule has 0 amide bonds. The van der Waals surface area contributed by atoms with Crippen molar-refractivity contribution in [2.45, 2.75) is 6.54 Å². The van der Waals surface area contributed by atoms with Crippen LogP contribution in [-0.4, -0.2) is 29.2 Å². The molecule has 0 aliphatic carbocycles. The van der Waals surface area contributed by atoms with E-state index in [9.17, 15) is 0 Å². The molecule has 84 valence electrons. The molecule has 16 heavy (non-hydrogen) atoms. The van der Waals surface area contributed by atoms with Gasteiger partial charge in [0.1, 0.15) is 17.8 Å². The summed E-state index contributed by atoms with van der Waals surface area (Å²) in [4.78, 5) is 10.3. The minimum atomic E-state index is 0.584. The number of hydrogen-bond acceptors (Lipinski definition) is 6. The molecule has 0 fully saturated rings. The van der Waals surface area contributed by atoms with Gasteiger partial charge in [0.25, 0.3) is 0 Å². The molecule has 2 aromatic heterocycles. The van der Waals surface area contributed by atoms with E-state index in [1.54, 1.807) is 18.5 Å². The second-order valence-electron chi connectivity index (χ2n) is 3.48. The van der Waals surface area contributed by atoms with Crippen LogP contribution in [0, 0.1) is 0 Å². The third-order valence-corrected chi connectivity index (χ3v) is 1.98. The Morgan fingerprint density at radius 1 is 1.38 bits per heavy atom. The summed E-state index contributed by atoms with van der Waals surface area (Å²) in [7, 11) is 3.80. The molecule has 0 aliphatic rings. The van der Waals surface area contributed by atoms with Gasteiger partial charge in [0.2, 0.25) is 5.95 Å². The fraction of sp³-hybridized carbons (Fsp3) is 0.300. The topological polar surface area (TPSA) is 67.1 Å². The average Bonchev–Trinajstić information content (AvgIpc) is 2.79. The Bertz CT molecular complexity index is 440. The minimum absolute atomic E-state index is 0.584. The van der Waals surface area contributed by atoms with Crippen LogP contribution in [0.1, 0.15) is 5.69 Å². The van der Waals surface area contributed by atoms with Gasteiger partial charge in [-0.2, -0.15) is 4.98 Å². The molecule has 0 spiro atoms. The molecule has 2 heterocycles. The first kappa shape index (κ1) is 10.4. The lowest BCUT2D eigenvalue weighted by molar-refractivity contribution is 0.412. The summed E-state index contributed by atoms with van der Waals surface area (Å²) < 4.78 is 4.73. The van der Waals surface area contributed by atoms with Crippen LogP contribution in [-0.2, 0) is 6.54 Å². The van der Waals surface area contributed by atoms with Crippen LogP contribution in [0.3, 0.4) is 0 Å². The number of nitrogens with one attached hydrogen (secondary N) is 1. The zero-order valence-corrected chi connectivity index (χ0v) is 9.21. The monoisotopic (exact) mass is 219 g/mol. The van der Waals surface area contributed by atoms with Crippen molar-refractivity contribution in [2.24, 2.45) is 0 Å². The van der Waals surface area contributed by atoms with E-state index in [-0.39, 0.29) is 0 Å². The normalized spacial score (nSPS) is 10.1. The van der Waals surface area contributed by atoms with Crippen molar-refractivity contribution in [1.29, 1.82) is 0 Å². The van der Waals surface area contributed by atoms with Gasteiger partial charge in [0.15, 0.2) is 0 Å². The Morgan fingerprint density at radius 2 is 2.25 bits per heavy atom. The van der Waals surface area contributed by atoms with Gasteiger partial charge < -0.3 is 14.7 Å². The fourth-order valence-corrected chi connectivity index (χ4v) is 1.17. The van der Waals surface area contributed by atoms with Crippen LogP contribution in [0.2, 0.25) is 0 Å². The molecule has 6 heteroatoms. The second kappa shape index (κ2) is 4.61. The summed E-state index contributed by atoms with van der Waals surface area (Å²) in [5.41, 5.74) is 0.838. The van der Waals surface area contributed by atoms with Crippen LogP contribution in [0.5, 0.6) is 0 Å². The number of hydrogen-bond donors (Lipinski definition) is 1. The third-order valence-electron chi connectivity index (χ3n) is 1.98. The molecule has 0 aliphatic heterocycles. The Labute approximate surface area is 93.3 Å². The van der Waals surface area contributed by atoms with Gasteiger partial charge >= 0.3 is 0 Å². The summed E-state index contributed by atoms with van der Waals surface area (Å²) in [5, 5.41) is 6.94. The summed E-state index contributed by atoms with van der Waals surface area (Å²) in [6, 6.07) is 3.62. The van der Waals surface area contributed by atoms with E-state index in [1.807, 2.05) is 25.1 Å². The van der Waals surface area contributed by atoms with E-state index >= 15 is 0 Å². The van der Waals surface area contributed by atoms with Crippen LogP contribution in [0.25, 0.3) is 0 Å². The molecule has 0 bridgehead atoms. The summed E-state index contributed by atoms with van der Waals surface area (Å²) in [5.74, 6) is 1.44. The van der Waals surface area contributed by atoms with Gasteiger partial charge in [-0.3, -0.25) is 0 Å². The Kier molecular flexibility index (Phi) is 3.00. The number of rotatable bonds is 4. The quantitative estimate of drug-likeness (QED) is 0.831. The molecular weight excluding hydrogens is 206 g/mol. The standard InChI is InChI=1S/C10H13N5O/c1-15(2)10-11-5-3-9(13-10)12-7-8-4-6-16-14-8/h3-6H,7H2,1-2H3,(H,11,12,13). The fourth-order valence-electron chi connectivity index (χ4n) is 1.17. The lowest BCUT2D eigenvalue weighted by atomic mass is 10.4. The SMILES string of the molecule is CN(C)c1nccc(NCc2ccon2)n1. The molecule has 0 saturated heterocycles. The first-order chi connectivity index (χ1) is 7.75. The smallest absolute Gasteiger partial charge is 0.226 e. The molecule has 0 saturated carbocycles. The van der Waals surface area contributed by atoms with Crippen molar-refractivity contribution in [3.63, 3.8) is 0 Å². The lowest BCUT2D eigenvalue weighted by Gasteiger charge is -2.11. The molecule has 2 rings (SSSR count). The highest BCUT2D eigenvalue weighted by atomic mass is 16.5. The van der Waals surface area contributed by atoms with E-state index in [0.717, 1.165) is 11.5 Å². The second-order valence-corrected chi connectivity index (χ2v) is 3.48. The Balaban J connectivity index is 2.01. The molecule has 2 aromatic rings. The molecule has 0 radical (unpaired) electrons. The summed E-state index contributed by atoms with van der Waals surface area (Å²) in [6.45, 7) is 0.584. The zero-order valence-electron chi connectivity index (χ0n) is 9.21. The van der Waals surface area contributed by atoms with Gasteiger partial charge in [0.05, 0.1) is 6.54 Å². The first-order valence-corrected chi connectivity index (χ1v) is 4.89. The summed E-state index contributed by atoms with van der Waals surface area (Å²) >= 11 is 0. The van der Waals surface area contributed by atoms with Crippen molar-refractivity contribution in [3.8, 4) is 0 Å². The number of nitrogens with zero attached hydrogens (tertiary/aromatic N) is 4. The Hall–Kier alpha value is -2.11. The maximum atomic E-state index is 4.73. The van der Waals surface area contributed by atoms with Crippen molar-refractivity contribution in [2.75, 3.05) is 24.3 Å². The third kappa shape index (κ3) is 2.47. The first-order valence-electron chi connectivity index (χ1n) is 4.89.